The molecule has 90 valence electrons. The van der Waals surface area contributed by atoms with Crippen molar-refractivity contribution in [2.75, 3.05) is 6.54 Å². The van der Waals surface area contributed by atoms with E-state index in [1.54, 1.807) is 0 Å². The van der Waals surface area contributed by atoms with Gasteiger partial charge in [-0.3, -0.25) is 4.90 Å². The van der Waals surface area contributed by atoms with Crippen LogP contribution in [0.15, 0.2) is 35.3 Å². The molecule has 5 heteroatoms. The quantitative estimate of drug-likeness (QED) is 0.779. The first-order valence-electron chi connectivity index (χ1n) is 5.56. The van der Waals surface area contributed by atoms with Crippen LogP contribution in [0.3, 0.4) is 0 Å². The summed E-state index contributed by atoms with van der Waals surface area (Å²) in [5.74, 6) is 0.632. The number of thiocarbonyl (C=S) groups is 1. The van der Waals surface area contributed by atoms with Gasteiger partial charge in [0.25, 0.3) is 0 Å². The van der Waals surface area contributed by atoms with Crippen molar-refractivity contribution < 1.29 is 0 Å². The van der Waals surface area contributed by atoms with E-state index >= 15 is 0 Å². The lowest BCUT2D eigenvalue weighted by Gasteiger charge is -2.31. The van der Waals surface area contributed by atoms with Gasteiger partial charge in [0.15, 0.2) is 6.17 Å². The molecule has 0 aliphatic carbocycles. The summed E-state index contributed by atoms with van der Waals surface area (Å²) < 4.78 is 0. The second-order valence-electron chi connectivity index (χ2n) is 4.10. The van der Waals surface area contributed by atoms with E-state index in [1.165, 1.54) is 5.56 Å². The first-order valence-corrected chi connectivity index (χ1v) is 5.97. The highest BCUT2D eigenvalue weighted by Gasteiger charge is 2.24. The number of benzene rings is 1. The molecule has 1 atom stereocenters. The molecular formula is C12H16N4S. The first-order chi connectivity index (χ1) is 8.16. The molecule has 0 aromatic heterocycles. The average molecular weight is 248 g/mol. The Kier molecular flexibility index (Phi) is 3.71. The van der Waals surface area contributed by atoms with Gasteiger partial charge in [-0.1, -0.05) is 42.5 Å². The zero-order valence-corrected chi connectivity index (χ0v) is 10.4. The Morgan fingerprint density at radius 2 is 2.12 bits per heavy atom. The molecule has 1 aromatic carbocycles. The number of aliphatic imine (C=N–C) groups is 1. The van der Waals surface area contributed by atoms with E-state index in [1.807, 2.05) is 18.2 Å². The molecule has 4 N–H and O–H groups in total. The number of rotatable bonds is 3. The van der Waals surface area contributed by atoms with Crippen molar-refractivity contribution in [1.82, 2.24) is 4.90 Å². The van der Waals surface area contributed by atoms with Crippen LogP contribution in [0.2, 0.25) is 0 Å². The van der Waals surface area contributed by atoms with Crippen LogP contribution in [0, 0.1) is 0 Å². The third kappa shape index (κ3) is 3.01. The Morgan fingerprint density at radius 1 is 1.41 bits per heavy atom. The minimum atomic E-state index is -0.265. The molecule has 1 unspecified atom stereocenters. The predicted molar refractivity (Wildman–Crippen MR) is 73.7 cm³/mol. The Bertz CT molecular complexity index is 429. The maximum atomic E-state index is 5.73. The zero-order chi connectivity index (χ0) is 12.3. The SMILES string of the molecule is NC(=S)C1N=C(N)CCN1Cc1ccccc1. The molecule has 0 spiro atoms. The van der Waals surface area contributed by atoms with E-state index in [0.717, 1.165) is 19.5 Å². The maximum absolute atomic E-state index is 5.73. The van der Waals surface area contributed by atoms with Crippen LogP contribution in [0.4, 0.5) is 0 Å². The molecule has 17 heavy (non-hydrogen) atoms. The number of amidine groups is 1. The fraction of sp³-hybridized carbons (Fsp3) is 0.333. The maximum Gasteiger partial charge on any atom is 0.155 e. The van der Waals surface area contributed by atoms with Gasteiger partial charge in [0, 0.05) is 19.5 Å². The highest BCUT2D eigenvalue weighted by Crippen LogP contribution is 2.14. The third-order valence-electron chi connectivity index (χ3n) is 2.77. The van der Waals surface area contributed by atoms with Crippen molar-refractivity contribution in [3.63, 3.8) is 0 Å². The van der Waals surface area contributed by atoms with Crippen LogP contribution < -0.4 is 11.5 Å². The van der Waals surface area contributed by atoms with Crippen molar-refractivity contribution in [2.24, 2.45) is 16.5 Å². The fourth-order valence-electron chi connectivity index (χ4n) is 1.91. The van der Waals surface area contributed by atoms with Crippen LogP contribution >= 0.6 is 12.2 Å². The van der Waals surface area contributed by atoms with Crippen LogP contribution in [0.1, 0.15) is 12.0 Å². The number of nitrogens with two attached hydrogens (primary N) is 2. The lowest BCUT2D eigenvalue weighted by molar-refractivity contribution is 0.234. The summed E-state index contributed by atoms with van der Waals surface area (Å²) in [6.45, 7) is 1.63. The largest absolute Gasteiger partial charge is 0.390 e. The van der Waals surface area contributed by atoms with E-state index in [0.29, 0.717) is 10.8 Å². The van der Waals surface area contributed by atoms with Crippen LogP contribution in [0.5, 0.6) is 0 Å². The van der Waals surface area contributed by atoms with Crippen molar-refractivity contribution in [3.05, 3.63) is 35.9 Å². The average Bonchev–Trinajstić information content (AvgIpc) is 2.32. The van der Waals surface area contributed by atoms with Gasteiger partial charge in [-0.25, -0.2) is 4.99 Å². The lowest BCUT2D eigenvalue weighted by Crippen LogP contribution is -2.47. The van der Waals surface area contributed by atoms with Gasteiger partial charge in [-0.15, -0.1) is 0 Å². The molecule has 0 amide bonds. The van der Waals surface area contributed by atoms with Gasteiger partial charge in [0.05, 0.1) is 5.84 Å². The van der Waals surface area contributed by atoms with Crippen molar-refractivity contribution >= 4 is 23.0 Å². The smallest absolute Gasteiger partial charge is 0.155 e. The highest BCUT2D eigenvalue weighted by molar-refractivity contribution is 7.80. The molecule has 0 fully saturated rings. The summed E-state index contributed by atoms with van der Waals surface area (Å²) in [5, 5.41) is 0. The number of hydrogen-bond acceptors (Lipinski definition) is 4. The minimum Gasteiger partial charge on any atom is -0.390 e. The number of hydrogen-bond donors (Lipinski definition) is 2. The molecule has 0 saturated heterocycles. The zero-order valence-electron chi connectivity index (χ0n) is 9.54. The van der Waals surface area contributed by atoms with Gasteiger partial charge in [-0.2, -0.15) is 0 Å². The van der Waals surface area contributed by atoms with Gasteiger partial charge < -0.3 is 11.5 Å². The van der Waals surface area contributed by atoms with Crippen LogP contribution in [0.25, 0.3) is 0 Å². The molecular weight excluding hydrogens is 232 g/mol. The summed E-state index contributed by atoms with van der Waals surface area (Å²) in [5.41, 5.74) is 12.7. The van der Waals surface area contributed by atoms with Gasteiger partial charge in [-0.05, 0) is 5.56 Å². The molecule has 1 aliphatic rings. The van der Waals surface area contributed by atoms with E-state index in [2.05, 4.69) is 22.0 Å². The second-order valence-corrected chi connectivity index (χ2v) is 4.57. The third-order valence-corrected chi connectivity index (χ3v) is 2.98. The fourth-order valence-corrected chi connectivity index (χ4v) is 2.11. The van der Waals surface area contributed by atoms with Crippen LogP contribution in [-0.2, 0) is 6.54 Å². The number of nitrogens with zero attached hydrogens (tertiary/aromatic N) is 2. The predicted octanol–water partition coefficient (Wildman–Crippen LogP) is 0.862. The second kappa shape index (κ2) is 5.25. The van der Waals surface area contributed by atoms with Crippen molar-refractivity contribution in [3.8, 4) is 0 Å². The Hall–Kier alpha value is -1.46. The summed E-state index contributed by atoms with van der Waals surface area (Å²) in [7, 11) is 0. The molecule has 0 radical (unpaired) electrons. The summed E-state index contributed by atoms with van der Waals surface area (Å²) in [6.07, 6.45) is 0.505. The molecule has 4 nitrogen and oxygen atoms in total. The highest BCUT2D eigenvalue weighted by atomic mass is 32.1. The van der Waals surface area contributed by atoms with Crippen molar-refractivity contribution in [1.29, 1.82) is 0 Å². The molecule has 1 aliphatic heterocycles. The Morgan fingerprint density at radius 3 is 2.76 bits per heavy atom. The van der Waals surface area contributed by atoms with E-state index in [9.17, 15) is 0 Å². The summed E-state index contributed by atoms with van der Waals surface area (Å²) in [6, 6.07) is 10.2. The van der Waals surface area contributed by atoms with E-state index in [4.69, 9.17) is 23.7 Å². The molecule has 1 heterocycles. The lowest BCUT2D eigenvalue weighted by atomic mass is 10.2. The summed E-state index contributed by atoms with van der Waals surface area (Å²) in [4.78, 5) is 6.84. The standard InChI is InChI=1S/C12H16N4S/c13-10-6-7-16(12(15-10)11(14)17)8-9-4-2-1-3-5-9/h1-5,12H,6-8H2,(H2,13,15)(H2,14,17). The van der Waals surface area contributed by atoms with E-state index in [-0.39, 0.29) is 6.17 Å². The topological polar surface area (TPSA) is 67.6 Å². The van der Waals surface area contributed by atoms with Gasteiger partial charge in [0.1, 0.15) is 4.99 Å². The molecule has 1 aromatic rings. The summed E-state index contributed by atoms with van der Waals surface area (Å²) >= 11 is 5.04. The monoisotopic (exact) mass is 248 g/mol. The first kappa shape index (κ1) is 12.0. The Labute approximate surface area is 106 Å². The minimum absolute atomic E-state index is 0.265. The van der Waals surface area contributed by atoms with Crippen molar-refractivity contribution in [2.45, 2.75) is 19.1 Å². The van der Waals surface area contributed by atoms with E-state index < -0.39 is 0 Å². The Balaban J connectivity index is 2.13. The molecule has 0 saturated carbocycles. The normalized spacial score (nSPS) is 20.9. The molecule has 0 bridgehead atoms. The van der Waals surface area contributed by atoms with Crippen LogP contribution in [-0.4, -0.2) is 28.4 Å². The van der Waals surface area contributed by atoms with Gasteiger partial charge in [0.2, 0.25) is 0 Å². The molecule has 2 rings (SSSR count). The van der Waals surface area contributed by atoms with Gasteiger partial charge >= 0.3 is 0 Å².